The van der Waals surface area contributed by atoms with Crippen molar-refractivity contribution in [2.75, 3.05) is 7.11 Å². The standard InChI is InChI=1S/C13H18O2S/c1-9-5-6-10(2)12(7-9)16-11(3)8-13(14)15-4/h5-7,11H,8H2,1-4H3. The maximum absolute atomic E-state index is 11.1. The van der Waals surface area contributed by atoms with Crippen molar-refractivity contribution < 1.29 is 9.53 Å². The van der Waals surface area contributed by atoms with E-state index in [0.717, 1.165) is 0 Å². The number of aryl methyl sites for hydroxylation is 2. The second kappa shape index (κ2) is 5.94. The second-order valence-corrected chi connectivity index (χ2v) is 5.46. The van der Waals surface area contributed by atoms with Gasteiger partial charge in [0.05, 0.1) is 13.5 Å². The van der Waals surface area contributed by atoms with Crippen molar-refractivity contribution in [2.45, 2.75) is 37.3 Å². The van der Waals surface area contributed by atoms with Crippen LogP contribution in [0.4, 0.5) is 0 Å². The van der Waals surface area contributed by atoms with Crippen LogP contribution in [-0.4, -0.2) is 18.3 Å². The van der Waals surface area contributed by atoms with Crippen LogP contribution in [0.1, 0.15) is 24.5 Å². The number of esters is 1. The number of rotatable bonds is 4. The zero-order valence-electron chi connectivity index (χ0n) is 10.2. The van der Waals surface area contributed by atoms with Gasteiger partial charge in [-0.3, -0.25) is 4.79 Å². The predicted octanol–water partition coefficient (Wildman–Crippen LogP) is 3.35. The lowest BCUT2D eigenvalue weighted by Crippen LogP contribution is -2.08. The Morgan fingerprint density at radius 3 is 2.75 bits per heavy atom. The summed E-state index contributed by atoms with van der Waals surface area (Å²) in [6.07, 6.45) is 0.453. The molecule has 0 fully saturated rings. The quantitative estimate of drug-likeness (QED) is 0.594. The minimum Gasteiger partial charge on any atom is -0.469 e. The zero-order chi connectivity index (χ0) is 12.1. The molecule has 1 rings (SSSR count). The highest BCUT2D eigenvalue weighted by molar-refractivity contribution is 8.00. The van der Waals surface area contributed by atoms with Crippen LogP contribution in [-0.2, 0) is 9.53 Å². The van der Waals surface area contributed by atoms with Crippen LogP contribution in [0.3, 0.4) is 0 Å². The lowest BCUT2D eigenvalue weighted by atomic mass is 10.2. The molecule has 0 saturated carbocycles. The first-order valence-corrected chi connectivity index (χ1v) is 6.21. The fourth-order valence-corrected chi connectivity index (χ4v) is 2.57. The van der Waals surface area contributed by atoms with Crippen LogP contribution < -0.4 is 0 Å². The van der Waals surface area contributed by atoms with Crippen LogP contribution in [0.25, 0.3) is 0 Å². The van der Waals surface area contributed by atoms with E-state index in [4.69, 9.17) is 0 Å². The Hall–Kier alpha value is -0.960. The molecule has 1 aromatic carbocycles. The number of hydrogen-bond donors (Lipinski definition) is 0. The topological polar surface area (TPSA) is 26.3 Å². The van der Waals surface area contributed by atoms with E-state index >= 15 is 0 Å². The van der Waals surface area contributed by atoms with Crippen molar-refractivity contribution in [3.8, 4) is 0 Å². The average Bonchev–Trinajstić information content (AvgIpc) is 2.23. The van der Waals surface area contributed by atoms with Gasteiger partial charge in [-0.05, 0) is 25.5 Å². The molecule has 2 nitrogen and oxygen atoms in total. The van der Waals surface area contributed by atoms with E-state index in [-0.39, 0.29) is 11.2 Å². The summed E-state index contributed by atoms with van der Waals surface area (Å²) < 4.78 is 4.66. The van der Waals surface area contributed by atoms with Crippen LogP contribution in [0, 0.1) is 13.8 Å². The molecule has 0 spiro atoms. The fraction of sp³-hybridized carbons (Fsp3) is 0.462. The zero-order valence-corrected chi connectivity index (χ0v) is 11.1. The van der Waals surface area contributed by atoms with Crippen molar-refractivity contribution in [1.29, 1.82) is 0 Å². The molecule has 1 unspecified atom stereocenters. The van der Waals surface area contributed by atoms with Gasteiger partial charge in [-0.25, -0.2) is 0 Å². The van der Waals surface area contributed by atoms with Gasteiger partial charge in [0.15, 0.2) is 0 Å². The third-order valence-electron chi connectivity index (χ3n) is 2.35. The minimum atomic E-state index is -0.148. The van der Waals surface area contributed by atoms with Gasteiger partial charge in [-0.2, -0.15) is 0 Å². The summed E-state index contributed by atoms with van der Waals surface area (Å²) in [5, 5.41) is 0.243. The van der Waals surface area contributed by atoms with E-state index in [9.17, 15) is 4.79 Å². The maximum Gasteiger partial charge on any atom is 0.306 e. The molecule has 1 atom stereocenters. The van der Waals surface area contributed by atoms with Crippen molar-refractivity contribution in [1.82, 2.24) is 0 Å². The van der Waals surface area contributed by atoms with Crippen LogP contribution in [0.5, 0.6) is 0 Å². The Balaban J connectivity index is 2.65. The monoisotopic (exact) mass is 238 g/mol. The summed E-state index contributed by atoms with van der Waals surface area (Å²) in [4.78, 5) is 12.4. The smallest absolute Gasteiger partial charge is 0.306 e. The van der Waals surface area contributed by atoms with Gasteiger partial charge >= 0.3 is 5.97 Å². The van der Waals surface area contributed by atoms with Crippen molar-refractivity contribution >= 4 is 17.7 Å². The molecule has 0 amide bonds. The highest BCUT2D eigenvalue weighted by Gasteiger charge is 2.11. The van der Waals surface area contributed by atoms with Crippen LogP contribution in [0.15, 0.2) is 23.1 Å². The molecular weight excluding hydrogens is 220 g/mol. The summed E-state index contributed by atoms with van der Waals surface area (Å²) >= 11 is 1.73. The molecule has 0 radical (unpaired) electrons. The van der Waals surface area contributed by atoms with Crippen molar-refractivity contribution in [3.05, 3.63) is 29.3 Å². The van der Waals surface area contributed by atoms with E-state index in [0.29, 0.717) is 6.42 Å². The molecule has 3 heteroatoms. The molecule has 0 aliphatic rings. The first-order chi connectivity index (χ1) is 7.52. The van der Waals surface area contributed by atoms with Gasteiger partial charge in [0.2, 0.25) is 0 Å². The van der Waals surface area contributed by atoms with E-state index < -0.39 is 0 Å². The van der Waals surface area contributed by atoms with Gasteiger partial charge in [0.25, 0.3) is 0 Å². The molecule has 0 N–H and O–H groups in total. The number of benzene rings is 1. The molecule has 0 saturated heterocycles. The summed E-state index contributed by atoms with van der Waals surface area (Å²) in [5.41, 5.74) is 2.51. The SMILES string of the molecule is COC(=O)CC(C)Sc1cc(C)ccc1C. The van der Waals surface area contributed by atoms with Crippen LogP contribution in [0.2, 0.25) is 0 Å². The molecule has 0 aliphatic carbocycles. The molecular formula is C13H18O2S. The Kier molecular flexibility index (Phi) is 4.87. The first kappa shape index (κ1) is 13.1. The third kappa shape index (κ3) is 3.89. The number of methoxy groups -OCH3 is 1. The predicted molar refractivity (Wildman–Crippen MR) is 67.9 cm³/mol. The fourth-order valence-electron chi connectivity index (χ4n) is 1.41. The number of hydrogen-bond acceptors (Lipinski definition) is 3. The largest absolute Gasteiger partial charge is 0.469 e. The van der Waals surface area contributed by atoms with E-state index in [1.54, 1.807) is 11.8 Å². The maximum atomic E-state index is 11.1. The lowest BCUT2D eigenvalue weighted by Gasteiger charge is -2.12. The Morgan fingerprint density at radius 2 is 2.12 bits per heavy atom. The lowest BCUT2D eigenvalue weighted by molar-refractivity contribution is -0.140. The van der Waals surface area contributed by atoms with Crippen molar-refractivity contribution in [3.63, 3.8) is 0 Å². The molecule has 88 valence electrons. The minimum absolute atomic E-state index is 0.148. The van der Waals surface area contributed by atoms with E-state index in [1.165, 1.54) is 23.1 Å². The molecule has 0 aliphatic heterocycles. The van der Waals surface area contributed by atoms with Gasteiger partial charge in [0.1, 0.15) is 0 Å². The van der Waals surface area contributed by atoms with Gasteiger partial charge in [0, 0.05) is 10.1 Å². The summed E-state index contributed by atoms with van der Waals surface area (Å²) in [6.45, 7) is 6.21. The third-order valence-corrected chi connectivity index (χ3v) is 3.62. The van der Waals surface area contributed by atoms with E-state index in [1.807, 2.05) is 6.92 Å². The molecule has 0 aromatic heterocycles. The number of carbonyl (C=O) groups is 1. The number of thioether (sulfide) groups is 1. The Morgan fingerprint density at radius 1 is 1.44 bits per heavy atom. The van der Waals surface area contributed by atoms with Gasteiger partial charge in [-0.1, -0.05) is 24.6 Å². The summed E-state index contributed by atoms with van der Waals surface area (Å²) in [5.74, 6) is -0.148. The molecule has 0 bridgehead atoms. The Bertz CT molecular complexity index is 374. The summed E-state index contributed by atoms with van der Waals surface area (Å²) in [6, 6.07) is 6.38. The molecule has 0 heterocycles. The first-order valence-electron chi connectivity index (χ1n) is 5.33. The highest BCUT2D eigenvalue weighted by atomic mass is 32.2. The number of carbonyl (C=O) groups excluding carboxylic acids is 1. The average molecular weight is 238 g/mol. The second-order valence-electron chi connectivity index (χ2n) is 3.98. The molecule has 1 aromatic rings. The van der Waals surface area contributed by atoms with Crippen LogP contribution >= 0.6 is 11.8 Å². The Labute approximate surface area is 101 Å². The highest BCUT2D eigenvalue weighted by Crippen LogP contribution is 2.29. The molecule has 16 heavy (non-hydrogen) atoms. The van der Waals surface area contributed by atoms with E-state index in [2.05, 4.69) is 36.8 Å². The summed E-state index contributed by atoms with van der Waals surface area (Å²) in [7, 11) is 1.43. The van der Waals surface area contributed by atoms with Crippen molar-refractivity contribution in [2.24, 2.45) is 0 Å². The van der Waals surface area contributed by atoms with Gasteiger partial charge < -0.3 is 4.74 Å². The van der Waals surface area contributed by atoms with Gasteiger partial charge in [-0.15, -0.1) is 11.8 Å². The number of ether oxygens (including phenoxy) is 1. The normalized spacial score (nSPS) is 12.2.